The number of ether oxygens (including phenoxy) is 2. The number of phenols is 1. The molecule has 3 heterocycles. The van der Waals surface area contributed by atoms with Crippen molar-refractivity contribution in [2.75, 3.05) is 20.3 Å². The summed E-state index contributed by atoms with van der Waals surface area (Å²) in [7, 11) is 1.42. The van der Waals surface area contributed by atoms with E-state index in [0.717, 1.165) is 18.9 Å². The van der Waals surface area contributed by atoms with Gasteiger partial charge in [0.05, 0.1) is 30.2 Å². The van der Waals surface area contributed by atoms with Crippen molar-refractivity contribution in [3.63, 3.8) is 0 Å². The minimum absolute atomic E-state index is 0.0563. The third-order valence-electron chi connectivity index (χ3n) is 5.87. The fourth-order valence-corrected chi connectivity index (χ4v) is 4.40. The Morgan fingerprint density at radius 1 is 1.23 bits per heavy atom. The van der Waals surface area contributed by atoms with Crippen molar-refractivity contribution in [3.05, 3.63) is 69.3 Å². The summed E-state index contributed by atoms with van der Waals surface area (Å²) < 4.78 is 30.6. The zero-order valence-corrected chi connectivity index (χ0v) is 16.8. The monoisotopic (exact) mass is 425 g/mol. The molecule has 160 valence electrons. The average molecular weight is 425 g/mol. The molecule has 1 N–H and O–H groups in total. The molecule has 1 amide bonds. The first-order valence-electron chi connectivity index (χ1n) is 10.0. The van der Waals surface area contributed by atoms with Crippen LogP contribution in [0.5, 0.6) is 11.5 Å². The number of hydrogen-bond acceptors (Lipinski definition) is 6. The molecule has 3 aromatic rings. The molecule has 2 aliphatic rings. The quantitative estimate of drug-likeness (QED) is 0.690. The minimum atomic E-state index is -0.773. The van der Waals surface area contributed by atoms with Gasteiger partial charge in [0.15, 0.2) is 16.9 Å². The molecule has 2 atom stereocenters. The maximum atomic E-state index is 13.8. The number of hydrogen-bond donors (Lipinski definition) is 1. The molecule has 2 aromatic carbocycles. The third kappa shape index (κ3) is 3.14. The second-order valence-electron chi connectivity index (χ2n) is 7.74. The Hall–Kier alpha value is -3.39. The summed E-state index contributed by atoms with van der Waals surface area (Å²) >= 11 is 0. The average Bonchev–Trinajstić information content (AvgIpc) is 3.37. The summed E-state index contributed by atoms with van der Waals surface area (Å²) in [4.78, 5) is 28.3. The molecule has 0 unspecified atom stereocenters. The summed E-state index contributed by atoms with van der Waals surface area (Å²) in [5, 5.41) is 10.1. The molecule has 5 rings (SSSR count). The van der Waals surface area contributed by atoms with E-state index in [-0.39, 0.29) is 46.4 Å². The van der Waals surface area contributed by atoms with Crippen LogP contribution in [-0.2, 0) is 4.74 Å². The molecular weight excluding hydrogens is 405 g/mol. The van der Waals surface area contributed by atoms with Crippen LogP contribution in [0.4, 0.5) is 4.39 Å². The van der Waals surface area contributed by atoms with E-state index in [1.165, 1.54) is 25.3 Å². The molecule has 1 aromatic heterocycles. The Bertz CT molecular complexity index is 1250. The molecule has 1 fully saturated rings. The second kappa shape index (κ2) is 7.39. The highest BCUT2D eigenvalue weighted by atomic mass is 19.1. The Morgan fingerprint density at radius 2 is 2.06 bits per heavy atom. The second-order valence-corrected chi connectivity index (χ2v) is 7.74. The van der Waals surface area contributed by atoms with Crippen molar-refractivity contribution in [1.82, 2.24) is 4.90 Å². The molecule has 0 radical (unpaired) electrons. The highest BCUT2D eigenvalue weighted by Crippen LogP contribution is 2.41. The van der Waals surface area contributed by atoms with E-state index in [4.69, 9.17) is 13.9 Å². The first-order chi connectivity index (χ1) is 15.0. The molecule has 0 saturated carbocycles. The van der Waals surface area contributed by atoms with E-state index >= 15 is 0 Å². The van der Waals surface area contributed by atoms with Gasteiger partial charge >= 0.3 is 0 Å². The zero-order valence-electron chi connectivity index (χ0n) is 16.8. The van der Waals surface area contributed by atoms with Crippen LogP contribution in [0.15, 0.2) is 45.6 Å². The fourth-order valence-electron chi connectivity index (χ4n) is 4.40. The number of phenolic OH excluding ortho intramolecular Hbond substituents is 1. The lowest BCUT2D eigenvalue weighted by molar-refractivity contribution is 0.0486. The Balaban J connectivity index is 1.72. The Kier molecular flexibility index (Phi) is 4.66. The number of carbonyl (C=O) groups excluding carboxylic acids is 1. The van der Waals surface area contributed by atoms with Gasteiger partial charge < -0.3 is 23.9 Å². The molecule has 8 heteroatoms. The van der Waals surface area contributed by atoms with Gasteiger partial charge in [-0.3, -0.25) is 9.59 Å². The van der Waals surface area contributed by atoms with Crippen LogP contribution in [0.1, 0.15) is 40.6 Å². The number of rotatable bonds is 4. The summed E-state index contributed by atoms with van der Waals surface area (Å²) in [6.45, 7) is 0.902. The molecule has 1 saturated heterocycles. The van der Waals surface area contributed by atoms with E-state index in [0.29, 0.717) is 12.2 Å². The van der Waals surface area contributed by atoms with Gasteiger partial charge in [-0.1, -0.05) is 6.07 Å². The van der Waals surface area contributed by atoms with Crippen molar-refractivity contribution >= 4 is 16.9 Å². The smallest absolute Gasteiger partial charge is 0.291 e. The summed E-state index contributed by atoms with van der Waals surface area (Å²) in [5.74, 6) is -0.895. The zero-order chi connectivity index (χ0) is 21.7. The topological polar surface area (TPSA) is 89.2 Å². The number of benzene rings is 2. The lowest BCUT2D eigenvalue weighted by atomic mass is 9.97. The van der Waals surface area contributed by atoms with Crippen LogP contribution in [0.2, 0.25) is 0 Å². The van der Waals surface area contributed by atoms with Gasteiger partial charge in [0.1, 0.15) is 11.4 Å². The van der Waals surface area contributed by atoms with E-state index in [9.17, 15) is 19.1 Å². The van der Waals surface area contributed by atoms with Crippen LogP contribution in [-0.4, -0.2) is 42.3 Å². The molecular formula is C23H20FNO6. The van der Waals surface area contributed by atoms with E-state index in [1.807, 2.05) is 0 Å². The molecule has 31 heavy (non-hydrogen) atoms. The van der Waals surface area contributed by atoms with Crippen molar-refractivity contribution < 1.29 is 28.2 Å². The van der Waals surface area contributed by atoms with Gasteiger partial charge in [-0.05, 0) is 48.7 Å². The normalized spacial score (nSPS) is 20.5. The standard InChI is InChI=1S/C23H20FNO6/c1-29-18-9-12(4-6-16(18)26)20-19-21(27)15-10-13(24)5-7-17(15)31-22(19)23(28)25(20)11-14-3-2-8-30-14/h4-7,9-10,14,20,26H,2-3,8,11H2,1H3/t14-,20-/m1/s1. The number of fused-ring (bicyclic) bond motifs is 2. The van der Waals surface area contributed by atoms with Crippen molar-refractivity contribution in [1.29, 1.82) is 0 Å². The predicted molar refractivity (Wildman–Crippen MR) is 109 cm³/mol. The fraction of sp³-hybridized carbons (Fsp3) is 0.304. The maximum absolute atomic E-state index is 13.8. The highest BCUT2D eigenvalue weighted by Gasteiger charge is 2.44. The van der Waals surface area contributed by atoms with Gasteiger partial charge in [0.2, 0.25) is 5.76 Å². The molecule has 7 nitrogen and oxygen atoms in total. The highest BCUT2D eigenvalue weighted by molar-refractivity contribution is 5.99. The number of aromatic hydroxyl groups is 1. The van der Waals surface area contributed by atoms with E-state index in [2.05, 4.69) is 0 Å². The van der Waals surface area contributed by atoms with E-state index < -0.39 is 23.2 Å². The van der Waals surface area contributed by atoms with E-state index in [1.54, 1.807) is 17.0 Å². The number of halogens is 1. The number of carbonyl (C=O) groups is 1. The minimum Gasteiger partial charge on any atom is -0.504 e. The van der Waals surface area contributed by atoms with Gasteiger partial charge in [-0.2, -0.15) is 0 Å². The van der Waals surface area contributed by atoms with Crippen molar-refractivity contribution in [3.8, 4) is 11.5 Å². The Labute approximate surface area is 176 Å². The summed E-state index contributed by atoms with van der Waals surface area (Å²) in [6.07, 6.45) is 1.56. The third-order valence-corrected chi connectivity index (χ3v) is 5.87. The van der Waals surface area contributed by atoms with Crippen molar-refractivity contribution in [2.45, 2.75) is 25.0 Å². The summed E-state index contributed by atoms with van der Waals surface area (Å²) in [6, 6.07) is 7.53. The number of nitrogens with zero attached hydrogens (tertiary/aromatic N) is 1. The van der Waals surface area contributed by atoms with Gasteiger partial charge in [0, 0.05) is 13.2 Å². The lowest BCUT2D eigenvalue weighted by Gasteiger charge is -2.27. The Morgan fingerprint density at radius 3 is 2.81 bits per heavy atom. The van der Waals surface area contributed by atoms with Crippen LogP contribution in [0.25, 0.3) is 11.0 Å². The van der Waals surface area contributed by atoms with Crippen LogP contribution >= 0.6 is 0 Å². The van der Waals surface area contributed by atoms with Crippen LogP contribution in [0, 0.1) is 5.82 Å². The lowest BCUT2D eigenvalue weighted by Crippen LogP contribution is -2.36. The number of methoxy groups -OCH3 is 1. The largest absolute Gasteiger partial charge is 0.504 e. The summed E-state index contributed by atoms with van der Waals surface area (Å²) in [5.41, 5.74) is 0.409. The van der Waals surface area contributed by atoms with Crippen molar-refractivity contribution in [2.24, 2.45) is 0 Å². The molecule has 0 bridgehead atoms. The molecule has 2 aliphatic heterocycles. The SMILES string of the molecule is COc1cc([C@@H]2c3c(oc4ccc(F)cc4c3=O)C(=O)N2C[C@H]2CCCO2)ccc1O. The van der Waals surface area contributed by atoms with Gasteiger partial charge in [-0.15, -0.1) is 0 Å². The van der Waals surface area contributed by atoms with Gasteiger partial charge in [0.25, 0.3) is 5.91 Å². The predicted octanol–water partition coefficient (Wildman–Crippen LogP) is 3.37. The first kappa shape index (κ1) is 19.6. The van der Waals surface area contributed by atoms with Crippen LogP contribution in [0.3, 0.4) is 0 Å². The van der Waals surface area contributed by atoms with Gasteiger partial charge in [-0.25, -0.2) is 4.39 Å². The molecule has 0 aliphatic carbocycles. The van der Waals surface area contributed by atoms with Crippen LogP contribution < -0.4 is 10.2 Å². The molecule has 0 spiro atoms. The maximum Gasteiger partial charge on any atom is 0.291 e. The number of amides is 1. The first-order valence-corrected chi connectivity index (χ1v) is 10.0.